The van der Waals surface area contributed by atoms with Crippen LogP contribution in [0.3, 0.4) is 0 Å². The first-order valence-corrected chi connectivity index (χ1v) is 15.9. The monoisotopic (exact) mass is 768 g/mol. The normalized spacial score (nSPS) is 13.4. The average molecular weight is 767 g/mol. The second-order valence-electron chi connectivity index (χ2n) is 11.8. The Morgan fingerprint density at radius 2 is 0.870 bits per heavy atom. The molecule has 0 aromatic heterocycles. The minimum atomic E-state index is -5.69. The first-order valence-electron chi connectivity index (χ1n) is 13.6. The van der Waals surface area contributed by atoms with E-state index < -0.39 is 35.9 Å². The van der Waals surface area contributed by atoms with Crippen molar-refractivity contribution in [3.05, 3.63) is 70.8 Å². The molecule has 264 valence electrons. The molecule has 0 atom stereocenters. The number of halogens is 12. The minimum Gasteiger partial charge on any atom is -0.374 e. The van der Waals surface area contributed by atoms with Crippen molar-refractivity contribution in [3.8, 4) is 0 Å². The van der Waals surface area contributed by atoms with Crippen LogP contribution in [0.2, 0.25) is 0 Å². The predicted molar refractivity (Wildman–Crippen MR) is 151 cm³/mol. The molecule has 0 fully saturated rings. The topological polar surface area (TPSA) is 40.5 Å². The van der Waals surface area contributed by atoms with Gasteiger partial charge in [-0.15, -0.1) is 0 Å². The zero-order valence-corrected chi connectivity index (χ0v) is 28.3. The van der Waals surface area contributed by atoms with E-state index in [1.807, 2.05) is 0 Å². The van der Waals surface area contributed by atoms with Crippen LogP contribution in [0.25, 0.3) is 0 Å². The van der Waals surface area contributed by atoms with Crippen LogP contribution in [0.5, 0.6) is 0 Å². The Morgan fingerprint density at radius 1 is 0.543 bits per heavy atom. The number of rotatable bonds is 5. The first kappa shape index (κ1) is 43.9. The molecular formula is C31H38F12MoO2. The summed E-state index contributed by atoms with van der Waals surface area (Å²) in [5, 5.41) is 15.9. The van der Waals surface area contributed by atoms with Crippen molar-refractivity contribution in [2.75, 3.05) is 0 Å². The van der Waals surface area contributed by atoms with Crippen LogP contribution in [-0.4, -0.2) is 54.9 Å². The Kier molecular flexibility index (Phi) is 15.2. The van der Waals surface area contributed by atoms with Crippen LogP contribution < -0.4 is 0 Å². The van der Waals surface area contributed by atoms with E-state index in [0.29, 0.717) is 11.8 Å². The van der Waals surface area contributed by atoms with Gasteiger partial charge in [0.05, 0.1) is 0 Å². The van der Waals surface area contributed by atoms with E-state index in [-0.39, 0.29) is 36.9 Å². The summed E-state index contributed by atoms with van der Waals surface area (Å²) < 4.78 is 141. The van der Waals surface area contributed by atoms with Gasteiger partial charge >= 0.3 is 181 Å². The molecule has 2 aromatic carbocycles. The van der Waals surface area contributed by atoms with Gasteiger partial charge in [0.1, 0.15) is 0 Å². The molecule has 0 aliphatic carbocycles. The van der Waals surface area contributed by atoms with Crippen molar-refractivity contribution in [1.82, 2.24) is 0 Å². The summed E-state index contributed by atoms with van der Waals surface area (Å²) in [5.74, 6) is 1.15. The largest absolute Gasteiger partial charge is 0.425 e. The Hall–Kier alpha value is -2.05. The van der Waals surface area contributed by atoms with Gasteiger partial charge in [-0.3, -0.25) is 0 Å². The van der Waals surface area contributed by atoms with E-state index in [4.69, 9.17) is 10.2 Å². The summed E-state index contributed by atoms with van der Waals surface area (Å²) in [7, 11) is 0. The van der Waals surface area contributed by atoms with Gasteiger partial charge in [-0.2, -0.15) is 52.7 Å². The quantitative estimate of drug-likeness (QED) is 0.235. The number of alkyl halides is 12. The maximum atomic E-state index is 11.4. The minimum absolute atomic E-state index is 0.144. The maximum Gasteiger partial charge on any atom is 0.425 e. The van der Waals surface area contributed by atoms with E-state index in [9.17, 15) is 52.7 Å². The fourth-order valence-corrected chi connectivity index (χ4v) is 5.62. The third-order valence-corrected chi connectivity index (χ3v) is 9.39. The molecule has 0 aliphatic heterocycles. The molecule has 0 saturated heterocycles. The summed E-state index contributed by atoms with van der Waals surface area (Å²) in [5.41, 5.74) is -3.20. The second kappa shape index (κ2) is 15.9. The van der Waals surface area contributed by atoms with Crippen LogP contribution in [0.15, 0.2) is 48.5 Å². The molecule has 15 heteroatoms. The van der Waals surface area contributed by atoms with Gasteiger partial charge in [0.15, 0.2) is 0 Å². The second-order valence-corrected chi connectivity index (χ2v) is 13.6. The summed E-state index contributed by atoms with van der Waals surface area (Å²) >= 11 is -0.303. The Morgan fingerprint density at radius 3 is 1.13 bits per heavy atom. The van der Waals surface area contributed by atoms with Crippen molar-refractivity contribution in [3.63, 3.8) is 0 Å². The number of aliphatic hydroxyl groups is 2. The van der Waals surface area contributed by atoms with E-state index >= 15 is 0 Å². The molecular weight excluding hydrogens is 728 g/mol. The van der Waals surface area contributed by atoms with Gasteiger partial charge in [0, 0.05) is 0 Å². The predicted octanol–water partition coefficient (Wildman–Crippen LogP) is 9.67. The van der Waals surface area contributed by atoms with Crippen LogP contribution in [-0.2, 0) is 23.1 Å². The fourth-order valence-electron chi connectivity index (χ4n) is 3.27. The molecule has 0 saturated carbocycles. The SMILES string of the molecule is CC(C)c1cccc(C(C)C)c1[CH]=[Mo]=[CH]C(C)(C)c1ccccc1.CC(O)(C(F)(F)F)C(F)(F)F.CC(O)(C(F)(F)F)C(F)(F)F. The summed E-state index contributed by atoms with van der Waals surface area (Å²) in [4.78, 5) is 0. The first-order chi connectivity index (χ1) is 20.3. The molecule has 0 amide bonds. The van der Waals surface area contributed by atoms with Crippen LogP contribution in [0.1, 0.15) is 89.5 Å². The zero-order valence-electron chi connectivity index (χ0n) is 26.3. The van der Waals surface area contributed by atoms with Crippen molar-refractivity contribution in [1.29, 1.82) is 0 Å². The average Bonchev–Trinajstić information content (AvgIpc) is 2.87. The van der Waals surface area contributed by atoms with Gasteiger partial charge in [-0.1, -0.05) is 0 Å². The molecule has 0 aliphatic rings. The molecule has 2 rings (SSSR count). The third kappa shape index (κ3) is 11.9. The van der Waals surface area contributed by atoms with Crippen molar-refractivity contribution in [2.24, 2.45) is 0 Å². The summed E-state index contributed by atoms with van der Waals surface area (Å²) in [6, 6.07) is 17.7. The smallest absolute Gasteiger partial charge is 0.374 e. The molecule has 0 bridgehead atoms. The number of hydrogen-bond acceptors (Lipinski definition) is 2. The Labute approximate surface area is 268 Å². The fraction of sp³-hybridized carbons (Fsp3) is 0.548. The van der Waals surface area contributed by atoms with E-state index in [1.54, 1.807) is 0 Å². The maximum absolute atomic E-state index is 11.4. The van der Waals surface area contributed by atoms with Gasteiger partial charge < -0.3 is 10.2 Å². The summed E-state index contributed by atoms with van der Waals surface area (Å²) in [6.07, 6.45) is -22.8. The van der Waals surface area contributed by atoms with Crippen LogP contribution in [0.4, 0.5) is 52.7 Å². The molecule has 2 nitrogen and oxygen atoms in total. The molecule has 0 radical (unpaired) electrons. The van der Waals surface area contributed by atoms with E-state index in [1.165, 1.54) is 22.3 Å². The van der Waals surface area contributed by atoms with Gasteiger partial charge in [-0.05, 0) is 13.8 Å². The van der Waals surface area contributed by atoms with Gasteiger partial charge in [-0.25, -0.2) is 0 Å². The standard InChI is InChI=1S/C13H18.C10H12.2C4H4F6O.Mo/c1-9(2)12-7-6-8-13(10(3)4)11(12)5;1-10(2,3)9-7-5-4-6-8-9;2*1-2(11,3(5,6)7)4(8,9)10;/h5-10H,1-4H3;1,4-8H,2-3H3;2*11H,1H3;. The Balaban J connectivity index is 0.000000769. The molecule has 2 N–H and O–H groups in total. The van der Waals surface area contributed by atoms with Crippen molar-refractivity contribution < 1.29 is 80.5 Å². The molecule has 0 unspecified atom stereocenters. The van der Waals surface area contributed by atoms with Crippen LogP contribution >= 0.6 is 0 Å². The summed E-state index contributed by atoms with van der Waals surface area (Å²) in [6.45, 7) is 13.2. The molecule has 46 heavy (non-hydrogen) atoms. The van der Waals surface area contributed by atoms with E-state index in [2.05, 4.69) is 98.9 Å². The van der Waals surface area contributed by atoms with Crippen molar-refractivity contribution >= 4 is 8.80 Å². The molecule has 2 aromatic rings. The van der Waals surface area contributed by atoms with Crippen LogP contribution in [0, 0.1) is 0 Å². The number of hydrogen-bond donors (Lipinski definition) is 2. The van der Waals surface area contributed by atoms with Crippen molar-refractivity contribution in [2.45, 2.75) is 109 Å². The molecule has 0 heterocycles. The number of benzene rings is 2. The van der Waals surface area contributed by atoms with Gasteiger partial charge in [0.2, 0.25) is 0 Å². The zero-order chi connectivity index (χ0) is 36.7. The molecule has 0 spiro atoms. The Bertz CT molecular complexity index is 1200. The van der Waals surface area contributed by atoms with E-state index in [0.717, 1.165) is 0 Å². The van der Waals surface area contributed by atoms with Gasteiger partial charge in [0.25, 0.3) is 11.2 Å². The third-order valence-electron chi connectivity index (χ3n) is 6.69.